The number of aliphatic hydroxyl groups is 1. The van der Waals surface area contributed by atoms with Crippen LogP contribution in [0, 0.1) is 0 Å². The second kappa shape index (κ2) is 13.4. The van der Waals surface area contributed by atoms with Gasteiger partial charge in [-0.15, -0.1) is 0 Å². The van der Waals surface area contributed by atoms with Gasteiger partial charge in [-0.25, -0.2) is 9.97 Å². The molecular formula is C18H26N6O3S. The lowest BCUT2D eigenvalue weighted by atomic mass is 10.3. The predicted molar refractivity (Wildman–Crippen MR) is 110 cm³/mol. The van der Waals surface area contributed by atoms with Crippen LogP contribution in [0.25, 0.3) is 11.4 Å². The Hall–Kier alpha value is -2.72. The second-order valence-electron chi connectivity index (χ2n) is 4.93. The SMILES string of the molecule is CC.CN1CNN=C1COC(=O)CSc1nccc(-c2ccccn2)n1.CO. The third-order valence-corrected chi connectivity index (χ3v) is 4.03. The minimum Gasteiger partial charge on any atom is -0.457 e. The molecule has 10 heteroatoms. The molecule has 0 saturated heterocycles. The first-order chi connectivity index (χ1) is 13.7. The van der Waals surface area contributed by atoms with Crippen molar-refractivity contribution >= 4 is 23.6 Å². The van der Waals surface area contributed by atoms with E-state index in [4.69, 9.17) is 9.84 Å². The van der Waals surface area contributed by atoms with Gasteiger partial charge in [-0.05, 0) is 18.2 Å². The number of rotatable bonds is 6. The first-order valence-electron chi connectivity index (χ1n) is 8.70. The highest BCUT2D eigenvalue weighted by molar-refractivity contribution is 7.99. The lowest BCUT2D eigenvalue weighted by Crippen LogP contribution is -2.29. The van der Waals surface area contributed by atoms with E-state index in [0.717, 1.165) is 18.5 Å². The van der Waals surface area contributed by atoms with E-state index in [0.29, 0.717) is 17.7 Å². The van der Waals surface area contributed by atoms with Crippen LogP contribution in [0.5, 0.6) is 0 Å². The summed E-state index contributed by atoms with van der Waals surface area (Å²) in [7, 11) is 2.87. The number of amidine groups is 1. The summed E-state index contributed by atoms with van der Waals surface area (Å²) in [5, 5.41) is 11.5. The molecule has 3 heterocycles. The van der Waals surface area contributed by atoms with Crippen molar-refractivity contribution in [1.82, 2.24) is 25.3 Å². The Morgan fingerprint density at radius 2 is 2.00 bits per heavy atom. The fourth-order valence-corrected chi connectivity index (χ4v) is 2.56. The number of likely N-dealkylation sites (N-methyl/N-ethyl adjacent to an activating group) is 1. The molecule has 0 bridgehead atoms. The van der Waals surface area contributed by atoms with Gasteiger partial charge < -0.3 is 14.7 Å². The molecule has 3 rings (SSSR count). The lowest BCUT2D eigenvalue weighted by Gasteiger charge is -2.11. The van der Waals surface area contributed by atoms with Crippen LogP contribution in [0.3, 0.4) is 0 Å². The Labute approximate surface area is 169 Å². The summed E-state index contributed by atoms with van der Waals surface area (Å²) in [6, 6.07) is 7.40. The maximum Gasteiger partial charge on any atom is 0.316 e. The van der Waals surface area contributed by atoms with Gasteiger partial charge in [0, 0.05) is 26.6 Å². The molecule has 0 radical (unpaired) electrons. The van der Waals surface area contributed by atoms with Crippen LogP contribution in [0.1, 0.15) is 13.8 Å². The Balaban J connectivity index is 0.000000921. The minimum absolute atomic E-state index is 0.135. The molecule has 0 aliphatic carbocycles. The van der Waals surface area contributed by atoms with Crippen molar-refractivity contribution < 1.29 is 14.6 Å². The van der Waals surface area contributed by atoms with Crippen LogP contribution < -0.4 is 5.43 Å². The zero-order valence-electron chi connectivity index (χ0n) is 16.5. The summed E-state index contributed by atoms with van der Waals surface area (Å²) in [6.07, 6.45) is 3.36. The van der Waals surface area contributed by atoms with Gasteiger partial charge in [-0.1, -0.05) is 31.7 Å². The normalized spacial score (nSPS) is 11.9. The van der Waals surface area contributed by atoms with Crippen molar-refractivity contribution in [2.45, 2.75) is 19.0 Å². The molecule has 2 aromatic heterocycles. The Bertz CT molecular complexity index is 745. The molecule has 0 saturated carbocycles. The van der Waals surface area contributed by atoms with E-state index in [2.05, 4.69) is 25.5 Å². The number of nitrogens with one attached hydrogen (secondary N) is 1. The number of hydrogen-bond acceptors (Lipinski definition) is 10. The highest BCUT2D eigenvalue weighted by Crippen LogP contribution is 2.18. The van der Waals surface area contributed by atoms with Crippen LogP contribution >= 0.6 is 11.8 Å². The summed E-state index contributed by atoms with van der Waals surface area (Å²) < 4.78 is 5.19. The highest BCUT2D eigenvalue weighted by Gasteiger charge is 2.15. The van der Waals surface area contributed by atoms with Crippen LogP contribution in [-0.4, -0.2) is 69.9 Å². The van der Waals surface area contributed by atoms with E-state index in [9.17, 15) is 4.79 Å². The number of nitrogens with zero attached hydrogens (tertiary/aromatic N) is 5. The zero-order chi connectivity index (χ0) is 20.8. The number of aliphatic hydroxyl groups excluding tert-OH is 1. The molecule has 0 unspecified atom stereocenters. The Kier molecular flexibility index (Phi) is 11.2. The molecule has 0 atom stereocenters. The van der Waals surface area contributed by atoms with Gasteiger partial charge in [0.15, 0.2) is 17.6 Å². The first kappa shape index (κ1) is 23.3. The number of pyridine rings is 1. The molecule has 1 aliphatic heterocycles. The van der Waals surface area contributed by atoms with Crippen molar-refractivity contribution in [2.75, 3.05) is 33.2 Å². The smallest absolute Gasteiger partial charge is 0.316 e. The summed E-state index contributed by atoms with van der Waals surface area (Å²) in [6.45, 7) is 4.77. The predicted octanol–water partition coefficient (Wildman–Crippen LogP) is 1.61. The molecule has 0 amide bonds. The summed E-state index contributed by atoms with van der Waals surface area (Å²) in [5.74, 6) is 0.493. The van der Waals surface area contributed by atoms with E-state index in [1.165, 1.54) is 11.8 Å². The average Bonchev–Trinajstić information content (AvgIpc) is 3.19. The van der Waals surface area contributed by atoms with Crippen molar-refractivity contribution in [1.29, 1.82) is 0 Å². The van der Waals surface area contributed by atoms with E-state index >= 15 is 0 Å². The van der Waals surface area contributed by atoms with Gasteiger partial charge in [-0.2, -0.15) is 5.10 Å². The largest absolute Gasteiger partial charge is 0.457 e. The molecule has 9 nitrogen and oxygen atoms in total. The van der Waals surface area contributed by atoms with Crippen LogP contribution in [0.4, 0.5) is 0 Å². The Morgan fingerprint density at radius 1 is 1.21 bits per heavy atom. The van der Waals surface area contributed by atoms with Gasteiger partial charge in [0.2, 0.25) is 0 Å². The van der Waals surface area contributed by atoms with Gasteiger partial charge in [0.05, 0.1) is 17.1 Å². The molecule has 2 N–H and O–H groups in total. The number of hydrogen-bond donors (Lipinski definition) is 2. The topological polar surface area (TPSA) is 113 Å². The fourth-order valence-electron chi connectivity index (χ4n) is 1.93. The van der Waals surface area contributed by atoms with E-state index < -0.39 is 0 Å². The van der Waals surface area contributed by atoms with Crippen molar-refractivity contribution in [3.63, 3.8) is 0 Å². The summed E-state index contributed by atoms with van der Waals surface area (Å²) >= 11 is 1.23. The fraction of sp³-hybridized carbons (Fsp3) is 0.389. The first-order valence-corrected chi connectivity index (χ1v) is 9.69. The average molecular weight is 407 g/mol. The number of ether oxygens (including phenoxy) is 1. The third-order valence-electron chi connectivity index (χ3n) is 3.20. The molecule has 152 valence electrons. The van der Waals surface area contributed by atoms with Gasteiger partial charge in [-0.3, -0.25) is 15.2 Å². The number of aromatic nitrogens is 3. The number of carbonyl (C=O) groups excluding carboxylic acids is 1. The molecule has 0 spiro atoms. The van der Waals surface area contributed by atoms with E-state index in [-0.39, 0.29) is 18.3 Å². The molecule has 28 heavy (non-hydrogen) atoms. The highest BCUT2D eigenvalue weighted by atomic mass is 32.2. The monoisotopic (exact) mass is 406 g/mol. The quantitative estimate of drug-likeness (QED) is 0.420. The third kappa shape index (κ3) is 7.49. The number of thioether (sulfide) groups is 1. The minimum atomic E-state index is -0.338. The molecule has 0 aromatic carbocycles. The number of esters is 1. The van der Waals surface area contributed by atoms with Gasteiger partial charge in [0.1, 0.15) is 6.67 Å². The molecule has 2 aromatic rings. The van der Waals surface area contributed by atoms with E-state index in [1.54, 1.807) is 18.5 Å². The van der Waals surface area contributed by atoms with E-state index in [1.807, 2.05) is 44.0 Å². The summed E-state index contributed by atoms with van der Waals surface area (Å²) in [4.78, 5) is 26.5. The van der Waals surface area contributed by atoms with Crippen LogP contribution in [-0.2, 0) is 9.53 Å². The lowest BCUT2D eigenvalue weighted by molar-refractivity contribution is -0.138. The van der Waals surface area contributed by atoms with Crippen molar-refractivity contribution in [3.05, 3.63) is 36.7 Å². The number of hydrazone groups is 1. The molecule has 0 fully saturated rings. The van der Waals surface area contributed by atoms with Crippen molar-refractivity contribution in [3.8, 4) is 11.4 Å². The maximum absolute atomic E-state index is 11.8. The van der Waals surface area contributed by atoms with Crippen molar-refractivity contribution in [2.24, 2.45) is 5.10 Å². The second-order valence-corrected chi connectivity index (χ2v) is 5.87. The zero-order valence-corrected chi connectivity index (χ0v) is 17.3. The standard InChI is InChI=1S/C15H16N6O2S.C2H6.CH4O/c1-21-10-18-20-13(21)8-23-14(22)9-24-15-17-7-5-12(19-15)11-4-2-3-6-16-11;2*1-2/h2-7,18H,8-10H2,1H3;1-2H3;2H,1H3. The Morgan fingerprint density at radius 3 is 2.64 bits per heavy atom. The van der Waals surface area contributed by atoms with Gasteiger partial charge >= 0.3 is 5.97 Å². The number of carbonyl (C=O) groups is 1. The van der Waals surface area contributed by atoms with Crippen LogP contribution in [0.2, 0.25) is 0 Å². The molecule has 1 aliphatic rings. The van der Waals surface area contributed by atoms with Crippen LogP contribution in [0.15, 0.2) is 46.9 Å². The maximum atomic E-state index is 11.8. The summed E-state index contributed by atoms with van der Waals surface area (Å²) in [5.41, 5.74) is 4.30. The molecular weight excluding hydrogens is 380 g/mol. The van der Waals surface area contributed by atoms with Gasteiger partial charge in [0.25, 0.3) is 0 Å².